The van der Waals surface area contributed by atoms with E-state index in [0.29, 0.717) is 30.7 Å². The summed E-state index contributed by atoms with van der Waals surface area (Å²) < 4.78 is 45.8. The fourth-order valence-corrected chi connectivity index (χ4v) is 3.15. The van der Waals surface area contributed by atoms with Gasteiger partial charge in [0, 0.05) is 39.1 Å². The molecule has 1 aliphatic rings. The quantitative estimate of drug-likeness (QED) is 0.712. The van der Waals surface area contributed by atoms with E-state index in [2.05, 4.69) is 38.5 Å². The smallest absolute Gasteiger partial charge is 0.406 e. The molecule has 0 N–H and O–H groups in total. The first-order valence-corrected chi connectivity index (χ1v) is 9.38. The van der Waals surface area contributed by atoms with Crippen LogP contribution in [0.5, 0.6) is 5.75 Å². The van der Waals surface area contributed by atoms with Crippen LogP contribution in [0.15, 0.2) is 28.8 Å². The molecule has 0 amide bonds. The van der Waals surface area contributed by atoms with Crippen molar-refractivity contribution in [1.29, 1.82) is 0 Å². The normalized spacial score (nSPS) is 16.6. The third-order valence-electron chi connectivity index (χ3n) is 4.49. The van der Waals surface area contributed by atoms with E-state index in [1.54, 1.807) is 12.1 Å². The molecule has 0 atom stereocenters. The molecule has 0 spiro atoms. The zero-order valence-corrected chi connectivity index (χ0v) is 16.1. The molecule has 2 aromatic rings. The molecule has 3 rings (SSSR count). The van der Waals surface area contributed by atoms with Crippen LogP contribution < -0.4 is 4.74 Å². The van der Waals surface area contributed by atoms with Crippen molar-refractivity contribution in [2.75, 3.05) is 26.2 Å². The van der Waals surface area contributed by atoms with Gasteiger partial charge in [-0.25, -0.2) is 0 Å². The van der Waals surface area contributed by atoms with Gasteiger partial charge in [-0.3, -0.25) is 9.80 Å². The van der Waals surface area contributed by atoms with Crippen LogP contribution in [0.3, 0.4) is 0 Å². The van der Waals surface area contributed by atoms with Crippen molar-refractivity contribution < 1.29 is 22.4 Å². The third-order valence-corrected chi connectivity index (χ3v) is 4.49. The standard InChI is InChI=1S/C19H25F3N4O2/c1-14(2)11-18-23-17(24-28-18)13-26-9-7-25(8-10-26)12-15-3-5-16(6-4-15)27-19(20,21)22/h3-6,14H,7-13H2,1-2H3. The number of aromatic nitrogens is 2. The van der Waals surface area contributed by atoms with Crippen LogP contribution in [0.4, 0.5) is 13.2 Å². The Hall–Kier alpha value is -2.13. The van der Waals surface area contributed by atoms with Crippen LogP contribution in [-0.2, 0) is 19.5 Å². The molecule has 6 nitrogen and oxygen atoms in total. The number of piperazine rings is 1. The minimum absolute atomic E-state index is 0.196. The average Bonchev–Trinajstić information content (AvgIpc) is 3.03. The predicted molar refractivity (Wildman–Crippen MR) is 96.5 cm³/mol. The first kappa shape index (κ1) is 20.6. The van der Waals surface area contributed by atoms with E-state index in [1.165, 1.54) is 12.1 Å². The van der Waals surface area contributed by atoms with Crippen molar-refractivity contribution in [3.63, 3.8) is 0 Å². The van der Waals surface area contributed by atoms with Crippen molar-refractivity contribution in [2.24, 2.45) is 5.92 Å². The lowest BCUT2D eigenvalue weighted by Gasteiger charge is -2.34. The SMILES string of the molecule is CC(C)Cc1nc(CN2CCN(Cc3ccc(OC(F)(F)F)cc3)CC2)no1. The second-order valence-corrected chi connectivity index (χ2v) is 7.45. The number of halogens is 3. The molecule has 1 aliphatic heterocycles. The lowest BCUT2D eigenvalue weighted by molar-refractivity contribution is -0.274. The second-order valence-electron chi connectivity index (χ2n) is 7.45. The molecule has 28 heavy (non-hydrogen) atoms. The van der Waals surface area contributed by atoms with Gasteiger partial charge in [0.05, 0.1) is 6.54 Å². The van der Waals surface area contributed by atoms with Crippen LogP contribution in [0.25, 0.3) is 0 Å². The summed E-state index contributed by atoms with van der Waals surface area (Å²) in [6.07, 6.45) is -3.88. The van der Waals surface area contributed by atoms with Gasteiger partial charge in [0.25, 0.3) is 0 Å². The molecule has 2 heterocycles. The summed E-state index contributed by atoms with van der Waals surface area (Å²) in [5.41, 5.74) is 0.958. The minimum Gasteiger partial charge on any atom is -0.406 e. The van der Waals surface area contributed by atoms with E-state index < -0.39 is 6.36 Å². The molecule has 1 aromatic heterocycles. The van der Waals surface area contributed by atoms with Crippen LogP contribution in [0, 0.1) is 5.92 Å². The maximum Gasteiger partial charge on any atom is 0.573 e. The molecule has 154 valence electrons. The molecule has 9 heteroatoms. The molecular weight excluding hydrogens is 373 g/mol. The van der Waals surface area contributed by atoms with Crippen molar-refractivity contribution in [1.82, 2.24) is 19.9 Å². The van der Waals surface area contributed by atoms with Gasteiger partial charge in [-0.15, -0.1) is 13.2 Å². The molecule has 0 saturated carbocycles. The van der Waals surface area contributed by atoms with Crippen LogP contribution in [0.2, 0.25) is 0 Å². The van der Waals surface area contributed by atoms with Gasteiger partial charge in [-0.2, -0.15) is 4.98 Å². The Morgan fingerprint density at radius 1 is 1.04 bits per heavy atom. The lowest BCUT2D eigenvalue weighted by atomic mass is 10.1. The molecule has 0 aliphatic carbocycles. The van der Waals surface area contributed by atoms with E-state index in [1.807, 2.05) is 0 Å². The highest BCUT2D eigenvalue weighted by molar-refractivity contribution is 5.27. The van der Waals surface area contributed by atoms with Crippen LogP contribution >= 0.6 is 0 Å². The summed E-state index contributed by atoms with van der Waals surface area (Å²) in [4.78, 5) is 8.99. The molecule has 0 bridgehead atoms. The summed E-state index contributed by atoms with van der Waals surface area (Å²) in [6, 6.07) is 6.04. The Morgan fingerprint density at radius 2 is 1.64 bits per heavy atom. The van der Waals surface area contributed by atoms with E-state index in [-0.39, 0.29) is 5.75 Å². The second kappa shape index (κ2) is 8.91. The first-order valence-electron chi connectivity index (χ1n) is 9.38. The largest absolute Gasteiger partial charge is 0.573 e. The number of nitrogens with zero attached hydrogens (tertiary/aromatic N) is 4. The Balaban J connectivity index is 1.43. The maximum absolute atomic E-state index is 12.2. The van der Waals surface area contributed by atoms with Gasteiger partial charge in [0.1, 0.15) is 5.75 Å². The molecule has 1 fully saturated rings. The van der Waals surface area contributed by atoms with Gasteiger partial charge in [-0.05, 0) is 23.6 Å². The molecule has 1 saturated heterocycles. The average molecular weight is 398 g/mol. The lowest BCUT2D eigenvalue weighted by Crippen LogP contribution is -2.45. The number of rotatable bonds is 7. The Kier molecular flexibility index (Phi) is 6.56. The summed E-state index contributed by atoms with van der Waals surface area (Å²) in [5.74, 6) is 1.68. The fourth-order valence-electron chi connectivity index (χ4n) is 3.15. The van der Waals surface area contributed by atoms with Crippen molar-refractivity contribution in [3.8, 4) is 5.75 Å². The number of alkyl halides is 3. The van der Waals surface area contributed by atoms with E-state index >= 15 is 0 Å². The summed E-state index contributed by atoms with van der Waals surface area (Å²) >= 11 is 0. The monoisotopic (exact) mass is 398 g/mol. The number of hydrogen-bond donors (Lipinski definition) is 0. The van der Waals surface area contributed by atoms with Crippen molar-refractivity contribution in [3.05, 3.63) is 41.5 Å². The molecular formula is C19H25F3N4O2. The minimum atomic E-state index is -4.66. The Bertz CT molecular complexity index is 738. The van der Waals surface area contributed by atoms with Crippen LogP contribution in [-0.4, -0.2) is 52.5 Å². The number of hydrogen-bond acceptors (Lipinski definition) is 6. The van der Waals surface area contributed by atoms with Gasteiger partial charge < -0.3 is 9.26 Å². The molecule has 1 aromatic carbocycles. The number of benzene rings is 1. The zero-order chi connectivity index (χ0) is 20.1. The first-order chi connectivity index (χ1) is 13.3. The summed E-state index contributed by atoms with van der Waals surface area (Å²) in [7, 11) is 0. The summed E-state index contributed by atoms with van der Waals surface area (Å²) in [5, 5.41) is 4.05. The highest BCUT2D eigenvalue weighted by Crippen LogP contribution is 2.23. The molecule has 0 radical (unpaired) electrons. The van der Waals surface area contributed by atoms with Gasteiger partial charge in [0.2, 0.25) is 5.89 Å². The third kappa shape index (κ3) is 6.49. The number of ether oxygens (including phenoxy) is 1. The fraction of sp³-hybridized carbons (Fsp3) is 0.579. The van der Waals surface area contributed by atoms with Crippen molar-refractivity contribution in [2.45, 2.75) is 39.7 Å². The van der Waals surface area contributed by atoms with E-state index in [0.717, 1.165) is 38.2 Å². The highest BCUT2D eigenvalue weighted by Gasteiger charge is 2.31. The van der Waals surface area contributed by atoms with Crippen LogP contribution in [0.1, 0.15) is 31.1 Å². The predicted octanol–water partition coefficient (Wildman–Crippen LogP) is 3.48. The Morgan fingerprint density at radius 3 is 2.21 bits per heavy atom. The van der Waals surface area contributed by atoms with Gasteiger partial charge in [0.15, 0.2) is 5.82 Å². The Labute approximate surface area is 162 Å². The highest BCUT2D eigenvalue weighted by atomic mass is 19.4. The maximum atomic E-state index is 12.2. The molecule has 0 unspecified atom stereocenters. The zero-order valence-electron chi connectivity index (χ0n) is 16.1. The van der Waals surface area contributed by atoms with E-state index in [4.69, 9.17) is 4.52 Å². The van der Waals surface area contributed by atoms with E-state index in [9.17, 15) is 13.2 Å². The van der Waals surface area contributed by atoms with Gasteiger partial charge in [-0.1, -0.05) is 31.1 Å². The van der Waals surface area contributed by atoms with Gasteiger partial charge >= 0.3 is 6.36 Å². The topological polar surface area (TPSA) is 54.6 Å². The van der Waals surface area contributed by atoms with Crippen molar-refractivity contribution >= 4 is 0 Å². The summed E-state index contributed by atoms with van der Waals surface area (Å²) in [6.45, 7) is 9.08.